The van der Waals surface area contributed by atoms with Gasteiger partial charge in [0.05, 0.1) is 12.6 Å². The molecule has 0 radical (unpaired) electrons. The number of nitrogens with zero attached hydrogens (tertiary/aromatic N) is 3. The predicted octanol–water partition coefficient (Wildman–Crippen LogP) is 2.26. The summed E-state index contributed by atoms with van der Waals surface area (Å²) in [5.74, 6) is 0. The van der Waals surface area contributed by atoms with Crippen molar-refractivity contribution in [3.05, 3.63) is 41.2 Å². The van der Waals surface area contributed by atoms with Crippen molar-refractivity contribution in [1.29, 1.82) is 0 Å². The first-order valence-corrected chi connectivity index (χ1v) is 7.14. The molecule has 0 fully saturated rings. The number of aliphatic hydroxyl groups excluding tert-OH is 1. The fraction of sp³-hybridized carbons (Fsp3) is 0.333. The van der Waals surface area contributed by atoms with Crippen LogP contribution in [0.5, 0.6) is 0 Å². The third kappa shape index (κ3) is 3.25. The van der Waals surface area contributed by atoms with E-state index in [1.54, 1.807) is 4.68 Å². The largest absolute Gasteiger partial charge is 0.391 e. The van der Waals surface area contributed by atoms with Gasteiger partial charge in [-0.15, -0.1) is 0 Å². The number of rotatable bonds is 5. The van der Waals surface area contributed by atoms with Gasteiger partial charge in [-0.25, -0.2) is 9.67 Å². The molecule has 4 nitrogen and oxygen atoms in total. The van der Waals surface area contributed by atoms with Crippen molar-refractivity contribution in [2.24, 2.45) is 0 Å². The third-order valence-electron chi connectivity index (χ3n) is 2.56. The molecule has 1 aromatic heterocycles. The van der Waals surface area contributed by atoms with Crippen molar-refractivity contribution < 1.29 is 5.11 Å². The van der Waals surface area contributed by atoms with Gasteiger partial charge in [-0.1, -0.05) is 41.6 Å². The van der Waals surface area contributed by atoms with E-state index >= 15 is 0 Å². The zero-order valence-electron chi connectivity index (χ0n) is 9.95. The maximum atomic E-state index is 10.1. The molecule has 0 aliphatic carbocycles. The maximum absolute atomic E-state index is 10.1. The fourth-order valence-corrected chi connectivity index (χ4v) is 2.42. The molecule has 18 heavy (non-hydrogen) atoms. The van der Waals surface area contributed by atoms with Gasteiger partial charge in [0, 0.05) is 11.4 Å². The Morgan fingerprint density at radius 3 is 2.94 bits per heavy atom. The van der Waals surface area contributed by atoms with Crippen LogP contribution in [-0.2, 0) is 13.0 Å². The van der Waals surface area contributed by atoms with Gasteiger partial charge in [-0.05, 0) is 17.9 Å². The van der Waals surface area contributed by atoms with Gasteiger partial charge in [0.2, 0.25) is 0 Å². The number of halogens is 1. The second kappa shape index (κ2) is 6.22. The number of aliphatic hydroxyl groups is 1. The SMILES string of the molecule is CSc1ncnn1CC(O)Cc1ccccc1Cl. The Bertz CT molecular complexity index is 518. The Morgan fingerprint density at radius 2 is 2.22 bits per heavy atom. The van der Waals surface area contributed by atoms with Gasteiger partial charge >= 0.3 is 0 Å². The molecule has 0 aliphatic heterocycles. The van der Waals surface area contributed by atoms with E-state index in [1.807, 2.05) is 30.5 Å². The Kier molecular flexibility index (Phi) is 4.63. The molecule has 1 heterocycles. The highest BCUT2D eigenvalue weighted by Gasteiger charge is 2.12. The van der Waals surface area contributed by atoms with E-state index in [4.69, 9.17) is 11.6 Å². The maximum Gasteiger partial charge on any atom is 0.185 e. The molecule has 1 unspecified atom stereocenters. The van der Waals surface area contributed by atoms with E-state index in [1.165, 1.54) is 18.1 Å². The molecular formula is C12H14ClN3OS. The van der Waals surface area contributed by atoms with Crippen LogP contribution in [0, 0.1) is 0 Å². The van der Waals surface area contributed by atoms with Crippen molar-refractivity contribution in [3.63, 3.8) is 0 Å². The highest BCUT2D eigenvalue weighted by molar-refractivity contribution is 7.98. The number of benzene rings is 1. The van der Waals surface area contributed by atoms with E-state index in [2.05, 4.69) is 10.1 Å². The first kappa shape index (κ1) is 13.4. The van der Waals surface area contributed by atoms with Crippen molar-refractivity contribution in [2.75, 3.05) is 6.26 Å². The zero-order chi connectivity index (χ0) is 13.0. The summed E-state index contributed by atoms with van der Waals surface area (Å²) in [6.07, 6.45) is 3.40. The molecule has 96 valence electrons. The Hall–Kier alpha value is -1.04. The average Bonchev–Trinajstić information content (AvgIpc) is 2.79. The summed E-state index contributed by atoms with van der Waals surface area (Å²) in [6.45, 7) is 0.418. The topological polar surface area (TPSA) is 50.9 Å². The molecule has 1 N–H and O–H groups in total. The van der Waals surface area contributed by atoms with Crippen LogP contribution in [0.4, 0.5) is 0 Å². The van der Waals surface area contributed by atoms with E-state index < -0.39 is 6.10 Å². The van der Waals surface area contributed by atoms with Crippen LogP contribution in [0.2, 0.25) is 5.02 Å². The molecule has 0 spiro atoms. The predicted molar refractivity (Wildman–Crippen MR) is 73.0 cm³/mol. The summed E-state index contributed by atoms with van der Waals surface area (Å²) in [4.78, 5) is 4.09. The molecule has 2 rings (SSSR count). The van der Waals surface area contributed by atoms with Crippen LogP contribution in [0.25, 0.3) is 0 Å². The normalized spacial score (nSPS) is 12.6. The molecular weight excluding hydrogens is 270 g/mol. The summed E-state index contributed by atoms with van der Waals surface area (Å²) in [5, 5.41) is 15.6. The van der Waals surface area contributed by atoms with Gasteiger partial charge in [0.15, 0.2) is 5.16 Å². The van der Waals surface area contributed by atoms with Crippen molar-refractivity contribution in [3.8, 4) is 0 Å². The molecule has 0 aliphatic rings. The smallest absolute Gasteiger partial charge is 0.185 e. The number of hydrogen-bond acceptors (Lipinski definition) is 4. The second-order valence-electron chi connectivity index (χ2n) is 3.88. The monoisotopic (exact) mass is 283 g/mol. The zero-order valence-corrected chi connectivity index (χ0v) is 11.5. The summed E-state index contributed by atoms with van der Waals surface area (Å²) < 4.78 is 1.70. The molecule has 1 atom stereocenters. The van der Waals surface area contributed by atoms with Crippen LogP contribution in [0.3, 0.4) is 0 Å². The van der Waals surface area contributed by atoms with Crippen LogP contribution in [0.15, 0.2) is 35.7 Å². The second-order valence-corrected chi connectivity index (χ2v) is 5.06. The minimum Gasteiger partial charge on any atom is -0.391 e. The quantitative estimate of drug-likeness (QED) is 0.855. The van der Waals surface area contributed by atoms with Gasteiger partial charge in [-0.3, -0.25) is 0 Å². The standard InChI is InChI=1S/C12H14ClN3OS/c1-18-12-14-8-15-16(12)7-10(17)6-9-4-2-3-5-11(9)13/h2-5,8,10,17H,6-7H2,1H3. The Labute approximate surface area is 115 Å². The summed E-state index contributed by atoms with van der Waals surface area (Å²) in [5.41, 5.74) is 0.942. The van der Waals surface area contributed by atoms with Gasteiger partial charge in [0.1, 0.15) is 6.33 Å². The summed E-state index contributed by atoms with van der Waals surface area (Å²) in [6, 6.07) is 7.53. The van der Waals surface area contributed by atoms with Crippen LogP contribution < -0.4 is 0 Å². The number of thioether (sulfide) groups is 1. The minimum absolute atomic E-state index is 0.418. The molecule has 6 heteroatoms. The number of hydrogen-bond donors (Lipinski definition) is 1. The lowest BCUT2D eigenvalue weighted by molar-refractivity contribution is 0.145. The first-order chi connectivity index (χ1) is 8.70. The first-order valence-electron chi connectivity index (χ1n) is 5.54. The van der Waals surface area contributed by atoms with Crippen LogP contribution in [-0.4, -0.2) is 32.2 Å². The molecule has 0 saturated carbocycles. The Morgan fingerprint density at radius 1 is 1.44 bits per heavy atom. The van der Waals surface area contributed by atoms with Crippen molar-refractivity contribution >= 4 is 23.4 Å². The minimum atomic E-state index is -0.530. The summed E-state index contributed by atoms with van der Waals surface area (Å²) >= 11 is 7.56. The molecule has 2 aromatic rings. The third-order valence-corrected chi connectivity index (χ3v) is 3.61. The molecule has 0 amide bonds. The highest BCUT2D eigenvalue weighted by atomic mass is 35.5. The highest BCUT2D eigenvalue weighted by Crippen LogP contribution is 2.18. The molecule has 0 saturated heterocycles. The molecule has 0 bridgehead atoms. The van der Waals surface area contributed by atoms with Crippen LogP contribution >= 0.6 is 23.4 Å². The number of aromatic nitrogens is 3. The average molecular weight is 284 g/mol. The lowest BCUT2D eigenvalue weighted by Crippen LogP contribution is -2.20. The van der Waals surface area contributed by atoms with E-state index in [-0.39, 0.29) is 0 Å². The molecule has 1 aromatic carbocycles. The lowest BCUT2D eigenvalue weighted by atomic mass is 10.1. The van der Waals surface area contributed by atoms with E-state index in [0.29, 0.717) is 18.0 Å². The fourth-order valence-electron chi connectivity index (χ4n) is 1.72. The van der Waals surface area contributed by atoms with Crippen molar-refractivity contribution in [1.82, 2.24) is 14.8 Å². The van der Waals surface area contributed by atoms with Gasteiger partial charge in [-0.2, -0.15) is 5.10 Å². The Balaban J connectivity index is 2.01. The van der Waals surface area contributed by atoms with Crippen LogP contribution in [0.1, 0.15) is 5.56 Å². The summed E-state index contributed by atoms with van der Waals surface area (Å²) in [7, 11) is 0. The van der Waals surface area contributed by atoms with Gasteiger partial charge in [0.25, 0.3) is 0 Å². The lowest BCUT2D eigenvalue weighted by Gasteiger charge is -2.12. The van der Waals surface area contributed by atoms with Crippen molar-refractivity contribution in [2.45, 2.75) is 24.2 Å². The van der Waals surface area contributed by atoms with E-state index in [0.717, 1.165) is 10.7 Å². The van der Waals surface area contributed by atoms with E-state index in [9.17, 15) is 5.11 Å². The van der Waals surface area contributed by atoms with Gasteiger partial charge < -0.3 is 5.11 Å².